The van der Waals surface area contributed by atoms with Gasteiger partial charge in [-0.15, -0.1) is 0 Å². The van der Waals surface area contributed by atoms with Crippen molar-refractivity contribution in [1.29, 1.82) is 0 Å². The maximum absolute atomic E-state index is 12.8. The molecule has 5 rings (SSSR count). The van der Waals surface area contributed by atoms with Crippen LogP contribution in [-0.2, 0) is 52.2 Å². The minimum absolute atomic E-state index is 0.896. The molecule has 30 heteroatoms. The number of aliphatic carboxylic acids is 1. The van der Waals surface area contributed by atoms with Gasteiger partial charge in [0.15, 0.2) is 25.2 Å². The number of aliphatic hydroxyl groups excluding tert-OH is 16. The highest BCUT2D eigenvalue weighted by Gasteiger charge is 2.60. The van der Waals surface area contributed by atoms with Crippen LogP contribution in [-0.4, -0.2) is 291 Å². The zero-order chi connectivity index (χ0) is 48.4. The Morgan fingerprint density at radius 1 is 0.646 bits per heavy atom. The molecule has 0 aromatic heterocycles. The minimum Gasteiger partial charge on any atom is -0.477 e. The largest absolute Gasteiger partial charge is 0.477 e. The van der Waals surface area contributed by atoms with Crippen LogP contribution in [0.15, 0.2) is 0 Å². The Morgan fingerprint density at radius 2 is 1.12 bits per heavy atom. The van der Waals surface area contributed by atoms with Crippen molar-refractivity contribution in [3.05, 3.63) is 0 Å². The number of rotatable bonds is 17. The lowest BCUT2D eigenvalue weighted by Gasteiger charge is -2.51. The third-order valence-electron chi connectivity index (χ3n) is 11.8. The molecule has 0 saturated carbocycles. The first kappa shape index (κ1) is 53.8. The fraction of sp³-hybridized carbons (Fsp3) is 0.943. The number of hydrogen-bond acceptors (Lipinski definition) is 28. The van der Waals surface area contributed by atoms with Crippen LogP contribution in [0.2, 0.25) is 0 Å². The van der Waals surface area contributed by atoms with E-state index in [1.54, 1.807) is 0 Å². The number of carbonyl (C=O) groups excluding carboxylic acids is 1. The topological polar surface area (TPSA) is 499 Å². The number of nitrogens with one attached hydrogen (secondary N) is 1. The van der Waals surface area contributed by atoms with Gasteiger partial charge in [-0.05, 0) is 0 Å². The van der Waals surface area contributed by atoms with E-state index < -0.39 is 210 Å². The molecule has 20 N–H and O–H groups in total. The first-order valence-corrected chi connectivity index (χ1v) is 20.3. The average Bonchev–Trinajstić information content (AvgIpc) is 3.27. The maximum Gasteiger partial charge on any atom is 0.364 e. The lowest BCUT2D eigenvalue weighted by atomic mass is 9.88. The molecule has 26 atom stereocenters. The molecular formula is C35H60N2O28. The van der Waals surface area contributed by atoms with Gasteiger partial charge in [0.25, 0.3) is 5.79 Å². The van der Waals surface area contributed by atoms with Crippen molar-refractivity contribution in [2.45, 2.75) is 172 Å². The van der Waals surface area contributed by atoms with Gasteiger partial charge in [0, 0.05) is 13.3 Å². The third kappa shape index (κ3) is 11.2. The Labute approximate surface area is 367 Å². The number of carboxylic acids is 1. The monoisotopic (exact) mass is 956 g/mol. The molecule has 30 nitrogen and oxygen atoms in total. The molecule has 5 heterocycles. The number of hydrogen-bond donors (Lipinski definition) is 19. The molecule has 0 aromatic rings. The third-order valence-corrected chi connectivity index (χ3v) is 11.8. The Balaban J connectivity index is 1.44. The van der Waals surface area contributed by atoms with Crippen molar-refractivity contribution in [3.63, 3.8) is 0 Å². The number of aliphatic hydroxyl groups is 16. The second-order valence-electron chi connectivity index (χ2n) is 16.2. The average molecular weight is 957 g/mol. The quantitative estimate of drug-likeness (QED) is 0.0643. The van der Waals surface area contributed by atoms with Gasteiger partial charge in [-0.25, -0.2) is 4.79 Å². The van der Waals surface area contributed by atoms with Gasteiger partial charge in [0.05, 0.1) is 45.2 Å². The molecule has 5 aliphatic heterocycles. The summed E-state index contributed by atoms with van der Waals surface area (Å²) in [4.78, 5) is 25.5. The second kappa shape index (κ2) is 22.5. The summed E-state index contributed by atoms with van der Waals surface area (Å²) in [7, 11) is 0. The normalized spacial score (nSPS) is 48.3. The molecule has 0 spiro atoms. The summed E-state index contributed by atoms with van der Waals surface area (Å²) in [6, 6.07) is -3.43. The van der Waals surface area contributed by atoms with Gasteiger partial charge in [0.2, 0.25) is 5.91 Å². The van der Waals surface area contributed by atoms with Gasteiger partial charge in [-0.2, -0.15) is 0 Å². The van der Waals surface area contributed by atoms with Gasteiger partial charge in [-0.3, -0.25) is 4.79 Å². The summed E-state index contributed by atoms with van der Waals surface area (Å²) in [6.07, 6.45) is -46.7. The molecule has 0 aromatic carbocycles. The fourth-order valence-electron chi connectivity index (χ4n) is 8.15. The van der Waals surface area contributed by atoms with E-state index in [-0.39, 0.29) is 0 Å². The molecule has 5 aliphatic rings. The maximum atomic E-state index is 12.8. The molecule has 5 saturated heterocycles. The number of carbonyl (C=O) groups is 2. The smallest absolute Gasteiger partial charge is 0.364 e. The SMILES string of the molecule is CC(=O)N[C@H]1[C@H](O[C@H]2[C@@H](O)[C@@H](CO)O[C@@H](O[C@H]3[C@@H](O)[C@@H](O)C(O)O[C@@H]3CO)[C@@H]2O)O[C@H](CO)[C@@H](O)[C@@H]1O[C@@H]1O[C@H](CO)[C@H](O)[C@H](O[C@]2(C(=O)O)C[C@H](O)[C@@H](N)[C@H]([C@H](O)[C@H](O)CO)O2)[C@H]1O. The highest BCUT2D eigenvalue weighted by atomic mass is 16.8. The molecule has 378 valence electrons. The van der Waals surface area contributed by atoms with Gasteiger partial charge < -0.3 is 140 Å². The summed E-state index contributed by atoms with van der Waals surface area (Å²) in [5.41, 5.74) is 5.92. The molecule has 0 bridgehead atoms. The van der Waals surface area contributed by atoms with E-state index in [4.69, 9.17) is 48.4 Å². The van der Waals surface area contributed by atoms with Crippen LogP contribution in [0.5, 0.6) is 0 Å². The van der Waals surface area contributed by atoms with Crippen molar-refractivity contribution < 1.29 is 139 Å². The molecule has 0 aliphatic carbocycles. The second-order valence-corrected chi connectivity index (χ2v) is 16.2. The van der Waals surface area contributed by atoms with E-state index in [1.807, 2.05) is 0 Å². The van der Waals surface area contributed by atoms with Gasteiger partial charge >= 0.3 is 5.97 Å². The zero-order valence-electron chi connectivity index (χ0n) is 34.3. The van der Waals surface area contributed by atoms with E-state index in [2.05, 4.69) is 5.32 Å². The predicted octanol–water partition coefficient (Wildman–Crippen LogP) is -12.6. The van der Waals surface area contributed by atoms with Crippen molar-refractivity contribution in [3.8, 4) is 0 Å². The number of nitrogens with two attached hydrogens (primary N) is 1. The Bertz CT molecular complexity index is 1540. The van der Waals surface area contributed by atoms with Crippen molar-refractivity contribution in [2.75, 3.05) is 33.0 Å². The predicted molar refractivity (Wildman–Crippen MR) is 197 cm³/mol. The standard InChI is InChI=1S/C35H60N2O28/c1-8(43)37-16-27(62-33-24(53)29(20(49)13(6-41)60-33)65-35(34(55)56)2-9(44)15(36)26(64-35)17(46)10(45)3-38)18(47)11(4-39)58-31(16)63-28-19(48)12(5-40)59-32(23(28)52)61-25-14(7-42)57-30(54)22(51)21(25)50/h9-33,38-42,44-54H,2-7,36H2,1H3,(H,37,43)(H,55,56)/t9-,10+,11+,12+,13+,14+,15+,16+,17+,18+,19-,20-,21-,22+,23+,24+,25+,26+,27+,28-,29-,30?,31-,32-,33-,35-/m0/s1. The highest BCUT2D eigenvalue weighted by molar-refractivity contribution is 5.76. The Morgan fingerprint density at radius 3 is 1.63 bits per heavy atom. The summed E-state index contributed by atoms with van der Waals surface area (Å²) in [6.45, 7) is -4.14. The lowest BCUT2D eigenvalue weighted by Crippen LogP contribution is -2.71. The molecule has 1 amide bonds. The summed E-state index contributed by atoms with van der Waals surface area (Å²) < 4.78 is 50.5. The van der Waals surface area contributed by atoms with E-state index in [0.717, 1.165) is 6.92 Å². The van der Waals surface area contributed by atoms with Crippen LogP contribution in [0.4, 0.5) is 0 Å². The number of ether oxygens (including phenoxy) is 9. The van der Waals surface area contributed by atoms with E-state index in [1.165, 1.54) is 0 Å². The first-order valence-electron chi connectivity index (χ1n) is 20.3. The first-order chi connectivity index (χ1) is 30.6. The summed E-state index contributed by atoms with van der Waals surface area (Å²) in [5, 5.41) is 181. The van der Waals surface area contributed by atoms with Gasteiger partial charge in [0.1, 0.15) is 116 Å². The number of amides is 1. The van der Waals surface area contributed by atoms with Crippen LogP contribution in [0, 0.1) is 0 Å². The van der Waals surface area contributed by atoms with Crippen LogP contribution >= 0.6 is 0 Å². The van der Waals surface area contributed by atoms with Crippen molar-refractivity contribution in [2.24, 2.45) is 5.73 Å². The number of carboxylic acid groups (broad SMARTS) is 1. The molecule has 1 unspecified atom stereocenters. The molecular weight excluding hydrogens is 896 g/mol. The molecule has 65 heavy (non-hydrogen) atoms. The lowest BCUT2D eigenvalue weighted by molar-refractivity contribution is -0.388. The highest BCUT2D eigenvalue weighted by Crippen LogP contribution is 2.39. The summed E-state index contributed by atoms with van der Waals surface area (Å²) in [5.74, 6) is -6.03. The van der Waals surface area contributed by atoms with Crippen molar-refractivity contribution in [1.82, 2.24) is 5.32 Å². The Hall–Kier alpha value is -2.10. The van der Waals surface area contributed by atoms with E-state index in [0.29, 0.717) is 0 Å². The molecule has 5 fully saturated rings. The fourth-order valence-corrected chi connectivity index (χ4v) is 8.15. The van der Waals surface area contributed by atoms with Gasteiger partial charge in [-0.1, -0.05) is 0 Å². The van der Waals surface area contributed by atoms with Crippen LogP contribution < -0.4 is 11.1 Å². The van der Waals surface area contributed by atoms with Crippen LogP contribution in [0.25, 0.3) is 0 Å². The minimum atomic E-state index is -3.11. The van der Waals surface area contributed by atoms with E-state index >= 15 is 0 Å². The van der Waals surface area contributed by atoms with Crippen LogP contribution in [0.1, 0.15) is 13.3 Å². The summed E-state index contributed by atoms with van der Waals surface area (Å²) >= 11 is 0. The Kier molecular flexibility index (Phi) is 18.7. The van der Waals surface area contributed by atoms with Crippen LogP contribution in [0.3, 0.4) is 0 Å². The van der Waals surface area contributed by atoms with E-state index in [9.17, 15) is 96.4 Å². The zero-order valence-corrected chi connectivity index (χ0v) is 34.3. The van der Waals surface area contributed by atoms with Crippen molar-refractivity contribution >= 4 is 11.9 Å². The molecule has 0 radical (unpaired) electrons.